The van der Waals surface area contributed by atoms with Crippen LogP contribution >= 0.6 is 0 Å². The van der Waals surface area contributed by atoms with Crippen molar-refractivity contribution in [3.8, 4) is 17.2 Å². The zero-order valence-electron chi connectivity index (χ0n) is 13.0. The third kappa shape index (κ3) is 3.56. The highest BCUT2D eigenvalue weighted by molar-refractivity contribution is 5.48. The largest absolute Gasteiger partial charge is 0.496 e. The monoisotopic (exact) mass is 286 g/mol. The van der Waals surface area contributed by atoms with E-state index in [4.69, 9.17) is 9.47 Å². The Morgan fingerprint density at radius 3 is 2.24 bits per heavy atom. The van der Waals surface area contributed by atoms with Gasteiger partial charge in [0.1, 0.15) is 17.2 Å². The Balaban J connectivity index is 2.37. The van der Waals surface area contributed by atoms with E-state index in [1.807, 2.05) is 36.4 Å². The number of hydrogen-bond donors (Lipinski definition) is 1. The third-order valence-electron chi connectivity index (χ3n) is 3.42. The van der Waals surface area contributed by atoms with Crippen molar-refractivity contribution in [2.45, 2.75) is 32.8 Å². The molecule has 112 valence electrons. The first kappa shape index (κ1) is 15.4. The lowest BCUT2D eigenvalue weighted by Gasteiger charge is -2.17. The molecule has 1 atom stereocenters. The van der Waals surface area contributed by atoms with Gasteiger partial charge in [-0.1, -0.05) is 32.0 Å². The van der Waals surface area contributed by atoms with Crippen molar-refractivity contribution in [3.05, 3.63) is 53.6 Å². The average Bonchev–Trinajstić information content (AvgIpc) is 2.46. The van der Waals surface area contributed by atoms with Crippen molar-refractivity contribution in [1.82, 2.24) is 0 Å². The summed E-state index contributed by atoms with van der Waals surface area (Å²) in [5.74, 6) is 2.44. The number of methoxy groups -OCH3 is 1. The molecule has 0 fully saturated rings. The second-order valence-electron chi connectivity index (χ2n) is 5.38. The van der Waals surface area contributed by atoms with Gasteiger partial charge < -0.3 is 14.6 Å². The van der Waals surface area contributed by atoms with Gasteiger partial charge in [-0.2, -0.15) is 0 Å². The highest BCUT2D eigenvalue weighted by atomic mass is 16.5. The van der Waals surface area contributed by atoms with Gasteiger partial charge in [0.15, 0.2) is 0 Å². The molecule has 0 radical (unpaired) electrons. The van der Waals surface area contributed by atoms with Crippen LogP contribution in [0.1, 0.15) is 43.9 Å². The summed E-state index contributed by atoms with van der Waals surface area (Å²) in [5.41, 5.74) is 1.88. The van der Waals surface area contributed by atoms with Gasteiger partial charge >= 0.3 is 0 Å². The molecule has 2 aromatic carbocycles. The molecule has 0 aliphatic heterocycles. The second kappa shape index (κ2) is 6.64. The lowest BCUT2D eigenvalue weighted by Crippen LogP contribution is -2.00. The van der Waals surface area contributed by atoms with Gasteiger partial charge in [-0.05, 0) is 42.7 Å². The van der Waals surface area contributed by atoms with Crippen LogP contribution in [-0.4, -0.2) is 12.2 Å². The molecule has 0 saturated carbocycles. The van der Waals surface area contributed by atoms with Gasteiger partial charge in [-0.3, -0.25) is 0 Å². The van der Waals surface area contributed by atoms with Gasteiger partial charge in [-0.15, -0.1) is 0 Å². The van der Waals surface area contributed by atoms with Crippen LogP contribution in [0.5, 0.6) is 17.2 Å². The van der Waals surface area contributed by atoms with Gasteiger partial charge in [-0.25, -0.2) is 0 Å². The van der Waals surface area contributed by atoms with Gasteiger partial charge in [0.25, 0.3) is 0 Å². The van der Waals surface area contributed by atoms with Crippen LogP contribution in [0.4, 0.5) is 0 Å². The molecule has 2 rings (SSSR count). The summed E-state index contributed by atoms with van der Waals surface area (Å²) in [6.45, 7) is 5.99. The number of rotatable bonds is 5. The molecule has 3 nitrogen and oxygen atoms in total. The molecule has 0 aliphatic rings. The van der Waals surface area contributed by atoms with Crippen LogP contribution in [0.25, 0.3) is 0 Å². The van der Waals surface area contributed by atoms with E-state index in [2.05, 4.69) is 19.9 Å². The predicted molar refractivity (Wildman–Crippen MR) is 84.2 cm³/mol. The maximum Gasteiger partial charge on any atom is 0.136 e. The fraction of sp³-hybridized carbons (Fsp3) is 0.333. The highest BCUT2D eigenvalue weighted by Crippen LogP contribution is 2.36. The summed E-state index contributed by atoms with van der Waals surface area (Å²) in [5, 5.41) is 9.98. The quantitative estimate of drug-likeness (QED) is 0.868. The molecule has 0 aromatic heterocycles. The lowest BCUT2D eigenvalue weighted by molar-refractivity contribution is 0.190. The summed E-state index contributed by atoms with van der Waals surface area (Å²) >= 11 is 0. The zero-order chi connectivity index (χ0) is 15.4. The maximum atomic E-state index is 9.98. The highest BCUT2D eigenvalue weighted by Gasteiger charge is 2.16. The zero-order valence-corrected chi connectivity index (χ0v) is 13.0. The molecule has 0 bridgehead atoms. The minimum absolute atomic E-state index is 0.440. The first-order valence-electron chi connectivity index (χ1n) is 7.15. The smallest absolute Gasteiger partial charge is 0.136 e. The van der Waals surface area contributed by atoms with Crippen molar-refractivity contribution in [1.29, 1.82) is 0 Å². The summed E-state index contributed by atoms with van der Waals surface area (Å²) in [7, 11) is 1.59. The Bertz CT molecular complexity index is 603. The van der Waals surface area contributed by atoms with E-state index < -0.39 is 6.10 Å². The van der Waals surface area contributed by atoms with E-state index in [0.717, 1.165) is 5.75 Å². The molecule has 3 heteroatoms. The van der Waals surface area contributed by atoms with Crippen molar-refractivity contribution in [2.75, 3.05) is 7.11 Å². The van der Waals surface area contributed by atoms with Crippen LogP contribution in [-0.2, 0) is 0 Å². The van der Waals surface area contributed by atoms with Crippen LogP contribution in [0.3, 0.4) is 0 Å². The van der Waals surface area contributed by atoms with E-state index in [1.54, 1.807) is 14.0 Å². The molecule has 0 spiro atoms. The Morgan fingerprint density at radius 2 is 1.62 bits per heavy atom. The first-order chi connectivity index (χ1) is 10.0. The normalized spacial score (nSPS) is 12.3. The van der Waals surface area contributed by atoms with Crippen LogP contribution < -0.4 is 9.47 Å². The molecule has 0 heterocycles. The maximum absolute atomic E-state index is 9.98. The van der Waals surface area contributed by atoms with E-state index >= 15 is 0 Å². The number of aliphatic hydroxyl groups excluding tert-OH is 1. The van der Waals surface area contributed by atoms with E-state index in [0.29, 0.717) is 23.0 Å². The van der Waals surface area contributed by atoms with Gasteiger partial charge in [0.05, 0.1) is 18.8 Å². The summed E-state index contributed by atoms with van der Waals surface area (Å²) in [4.78, 5) is 0. The van der Waals surface area contributed by atoms with Crippen LogP contribution in [0, 0.1) is 0 Å². The summed E-state index contributed by atoms with van der Waals surface area (Å²) in [6, 6.07) is 13.5. The first-order valence-corrected chi connectivity index (χ1v) is 7.15. The molecular formula is C18H22O3. The Labute approximate surface area is 126 Å². The number of ether oxygens (including phenoxy) is 2. The van der Waals surface area contributed by atoms with Crippen molar-refractivity contribution in [3.63, 3.8) is 0 Å². The molecule has 21 heavy (non-hydrogen) atoms. The molecule has 0 unspecified atom stereocenters. The molecule has 0 aliphatic carbocycles. The standard InChI is InChI=1S/C18H22O3/c1-12(2)14-7-5-8-15(11-14)21-17-10-6-9-16(20-4)18(17)13(3)19/h5-13,19H,1-4H3/t13-/m0/s1. The summed E-state index contributed by atoms with van der Waals surface area (Å²) in [6.07, 6.45) is -0.663. The van der Waals surface area contributed by atoms with Gasteiger partial charge in [0, 0.05) is 0 Å². The Kier molecular flexibility index (Phi) is 4.86. The van der Waals surface area contributed by atoms with Crippen molar-refractivity contribution >= 4 is 0 Å². The fourth-order valence-corrected chi connectivity index (χ4v) is 2.27. The number of benzene rings is 2. The summed E-state index contributed by atoms with van der Waals surface area (Å²) < 4.78 is 11.3. The van der Waals surface area contributed by atoms with Crippen molar-refractivity contribution in [2.24, 2.45) is 0 Å². The van der Waals surface area contributed by atoms with Crippen LogP contribution in [0.2, 0.25) is 0 Å². The third-order valence-corrected chi connectivity index (χ3v) is 3.42. The van der Waals surface area contributed by atoms with Crippen molar-refractivity contribution < 1.29 is 14.6 Å². The number of aliphatic hydroxyl groups is 1. The Hall–Kier alpha value is -2.00. The van der Waals surface area contributed by atoms with E-state index in [-0.39, 0.29) is 0 Å². The SMILES string of the molecule is COc1cccc(Oc2cccc(C(C)C)c2)c1[C@H](C)O. The molecule has 2 aromatic rings. The minimum atomic E-state index is -0.663. The van der Waals surface area contributed by atoms with E-state index in [1.165, 1.54) is 5.56 Å². The lowest BCUT2D eigenvalue weighted by atomic mass is 10.0. The fourth-order valence-electron chi connectivity index (χ4n) is 2.27. The van der Waals surface area contributed by atoms with E-state index in [9.17, 15) is 5.11 Å². The molecule has 0 amide bonds. The number of hydrogen-bond acceptors (Lipinski definition) is 3. The molecule has 0 saturated heterocycles. The average molecular weight is 286 g/mol. The van der Waals surface area contributed by atoms with Gasteiger partial charge in [0.2, 0.25) is 0 Å². The predicted octanol–water partition coefficient (Wildman–Crippen LogP) is 4.66. The minimum Gasteiger partial charge on any atom is -0.496 e. The van der Waals surface area contributed by atoms with Crippen LogP contribution in [0.15, 0.2) is 42.5 Å². The molecular weight excluding hydrogens is 264 g/mol. The Morgan fingerprint density at radius 1 is 0.952 bits per heavy atom. The topological polar surface area (TPSA) is 38.7 Å². The molecule has 1 N–H and O–H groups in total. The second-order valence-corrected chi connectivity index (χ2v) is 5.38.